The number of halogens is 3. The predicted octanol–water partition coefficient (Wildman–Crippen LogP) is 5.56. The number of amides is 1. The molecule has 2 saturated heterocycles. The highest BCUT2D eigenvalue weighted by molar-refractivity contribution is 7.16. The summed E-state index contributed by atoms with van der Waals surface area (Å²) in [5.74, 6) is -1.12. The first-order valence-electron chi connectivity index (χ1n) is 14.2. The molecule has 43 heavy (non-hydrogen) atoms. The number of hydrogen-bond acceptors (Lipinski definition) is 9. The molecule has 2 aromatic heterocycles. The standard InChI is InChI=1S/C29H33F3N6O4S/c1-3-20-5-4-8-38(20)16-23-25(18-11-19(29(30,31)32)13-21(12-18)42-2)35-28(43-23)36-26(39)22-14-34-24(15-33-22)37-9-6-17(7-10-37)27(40)41/h11-15,17,20H,3-10,16H2,1-2H3,(H,40,41)(H,35,36,39). The molecule has 1 aromatic carbocycles. The van der Waals surface area contributed by atoms with Crippen LogP contribution in [0.1, 0.15) is 60.0 Å². The van der Waals surface area contributed by atoms with E-state index >= 15 is 0 Å². The number of carbonyl (C=O) groups excluding carboxylic acids is 1. The van der Waals surface area contributed by atoms with Crippen LogP contribution in [-0.2, 0) is 17.5 Å². The van der Waals surface area contributed by atoms with Crippen molar-refractivity contribution in [3.8, 4) is 17.0 Å². The van der Waals surface area contributed by atoms with E-state index in [4.69, 9.17) is 4.74 Å². The Bertz CT molecular complexity index is 1460. The fourth-order valence-corrected chi connectivity index (χ4v) is 6.63. The number of rotatable bonds is 9. The van der Waals surface area contributed by atoms with Gasteiger partial charge in [-0.25, -0.2) is 15.0 Å². The maximum absolute atomic E-state index is 13.7. The van der Waals surface area contributed by atoms with E-state index in [1.165, 1.54) is 36.9 Å². The summed E-state index contributed by atoms with van der Waals surface area (Å²) in [4.78, 5) is 42.5. The van der Waals surface area contributed by atoms with E-state index in [0.29, 0.717) is 50.0 Å². The topological polar surface area (TPSA) is 121 Å². The zero-order valence-electron chi connectivity index (χ0n) is 23.9. The molecular formula is C29H33F3N6O4S. The van der Waals surface area contributed by atoms with Gasteiger partial charge in [-0.3, -0.25) is 19.8 Å². The molecule has 0 aliphatic carbocycles. The Kier molecular flexibility index (Phi) is 9.16. The first-order chi connectivity index (χ1) is 20.5. The number of methoxy groups -OCH3 is 1. The minimum Gasteiger partial charge on any atom is -0.497 e. The van der Waals surface area contributed by atoms with Gasteiger partial charge in [-0.05, 0) is 56.8 Å². The minimum atomic E-state index is -4.57. The maximum Gasteiger partial charge on any atom is 0.416 e. The molecule has 3 aromatic rings. The number of piperidine rings is 1. The summed E-state index contributed by atoms with van der Waals surface area (Å²) in [5.41, 5.74) is -0.186. The first kappa shape index (κ1) is 30.7. The largest absolute Gasteiger partial charge is 0.497 e. The number of carboxylic acid groups (broad SMARTS) is 1. The first-order valence-corrected chi connectivity index (χ1v) is 15.0. The van der Waals surface area contributed by atoms with Gasteiger partial charge >= 0.3 is 12.1 Å². The van der Waals surface area contributed by atoms with Crippen LogP contribution in [0.3, 0.4) is 0 Å². The van der Waals surface area contributed by atoms with Gasteiger partial charge in [0, 0.05) is 36.1 Å². The molecule has 1 unspecified atom stereocenters. The quantitative estimate of drug-likeness (QED) is 0.318. The number of ether oxygens (including phenoxy) is 1. The molecule has 1 amide bonds. The van der Waals surface area contributed by atoms with E-state index in [-0.39, 0.29) is 28.1 Å². The van der Waals surface area contributed by atoms with Gasteiger partial charge in [0.1, 0.15) is 17.3 Å². The number of benzene rings is 1. The van der Waals surface area contributed by atoms with Gasteiger partial charge in [0.05, 0.1) is 36.7 Å². The van der Waals surface area contributed by atoms with Crippen LogP contribution < -0.4 is 15.0 Å². The summed E-state index contributed by atoms with van der Waals surface area (Å²) in [5, 5.41) is 12.2. The molecule has 0 saturated carbocycles. The molecule has 0 spiro atoms. The van der Waals surface area contributed by atoms with Crippen LogP contribution in [0.25, 0.3) is 11.3 Å². The number of hydrogen-bond donors (Lipinski definition) is 2. The molecule has 2 N–H and O–H groups in total. The number of carbonyl (C=O) groups is 2. The van der Waals surface area contributed by atoms with Crippen molar-refractivity contribution >= 4 is 34.2 Å². The number of anilines is 2. The summed E-state index contributed by atoms with van der Waals surface area (Å²) in [6, 6.07) is 3.89. The van der Waals surface area contributed by atoms with E-state index in [9.17, 15) is 27.9 Å². The maximum atomic E-state index is 13.7. The Morgan fingerprint density at radius 3 is 2.51 bits per heavy atom. The number of nitrogens with one attached hydrogen (secondary N) is 1. The SMILES string of the molecule is CCC1CCCN1Cc1sc(NC(=O)c2cnc(N3CCC(C(=O)O)CC3)cn2)nc1-c1cc(OC)cc(C(F)(F)F)c1. The van der Waals surface area contributed by atoms with E-state index in [2.05, 4.69) is 32.1 Å². The third kappa shape index (κ3) is 7.07. The van der Waals surface area contributed by atoms with Gasteiger partial charge in [-0.1, -0.05) is 18.3 Å². The molecule has 230 valence electrons. The monoisotopic (exact) mass is 618 g/mol. The van der Waals surface area contributed by atoms with Crippen molar-refractivity contribution in [1.29, 1.82) is 0 Å². The lowest BCUT2D eigenvalue weighted by atomic mass is 9.97. The molecule has 14 heteroatoms. The Morgan fingerprint density at radius 1 is 1.12 bits per heavy atom. The Morgan fingerprint density at radius 2 is 1.88 bits per heavy atom. The summed E-state index contributed by atoms with van der Waals surface area (Å²) in [6.07, 6.45) is 2.30. The van der Waals surface area contributed by atoms with Crippen LogP contribution in [0.15, 0.2) is 30.6 Å². The lowest BCUT2D eigenvalue weighted by Crippen LogP contribution is -2.36. The van der Waals surface area contributed by atoms with Crippen molar-refractivity contribution in [3.63, 3.8) is 0 Å². The van der Waals surface area contributed by atoms with Crippen LogP contribution in [0.5, 0.6) is 5.75 Å². The van der Waals surface area contributed by atoms with E-state index in [1.807, 2.05) is 4.90 Å². The van der Waals surface area contributed by atoms with Crippen LogP contribution in [0.2, 0.25) is 0 Å². The summed E-state index contributed by atoms with van der Waals surface area (Å²) < 4.78 is 46.3. The van der Waals surface area contributed by atoms with Crippen LogP contribution in [-0.4, -0.2) is 69.6 Å². The molecule has 0 radical (unpaired) electrons. The lowest BCUT2D eigenvalue weighted by molar-refractivity contribution is -0.142. The summed E-state index contributed by atoms with van der Waals surface area (Å²) in [6.45, 7) is 4.53. The van der Waals surface area contributed by atoms with Crippen LogP contribution in [0, 0.1) is 5.92 Å². The van der Waals surface area contributed by atoms with Gasteiger partial charge in [-0.2, -0.15) is 13.2 Å². The summed E-state index contributed by atoms with van der Waals surface area (Å²) >= 11 is 1.22. The van der Waals surface area contributed by atoms with Gasteiger partial charge in [-0.15, -0.1) is 0 Å². The number of nitrogens with zero attached hydrogens (tertiary/aromatic N) is 5. The zero-order chi connectivity index (χ0) is 30.7. The van der Waals surface area contributed by atoms with E-state index in [1.54, 1.807) is 0 Å². The third-order valence-electron chi connectivity index (χ3n) is 8.02. The van der Waals surface area contributed by atoms with E-state index in [0.717, 1.165) is 42.8 Å². The second kappa shape index (κ2) is 12.8. The average Bonchev–Trinajstić information content (AvgIpc) is 3.63. The zero-order valence-corrected chi connectivity index (χ0v) is 24.7. The second-order valence-corrected chi connectivity index (χ2v) is 11.8. The fourth-order valence-electron chi connectivity index (χ4n) is 5.62. The Hall–Kier alpha value is -3.78. The fraction of sp³-hybridized carbons (Fsp3) is 0.483. The van der Waals surface area contributed by atoms with Gasteiger partial charge in [0.2, 0.25) is 0 Å². The number of thiazole rings is 1. The van der Waals surface area contributed by atoms with Crippen molar-refractivity contribution < 1.29 is 32.6 Å². The normalized spacial score (nSPS) is 18.2. The predicted molar refractivity (Wildman–Crippen MR) is 155 cm³/mol. The number of likely N-dealkylation sites (tertiary alicyclic amines) is 1. The van der Waals surface area contributed by atoms with Gasteiger partial charge < -0.3 is 14.7 Å². The van der Waals surface area contributed by atoms with Crippen molar-refractivity contribution in [3.05, 3.63) is 46.7 Å². The highest BCUT2D eigenvalue weighted by Gasteiger charge is 2.33. The molecule has 2 aliphatic heterocycles. The van der Waals surface area contributed by atoms with Gasteiger partial charge in [0.15, 0.2) is 5.13 Å². The van der Waals surface area contributed by atoms with Crippen molar-refractivity contribution in [2.75, 3.05) is 37.0 Å². The van der Waals surface area contributed by atoms with Crippen molar-refractivity contribution in [1.82, 2.24) is 19.9 Å². The second-order valence-electron chi connectivity index (χ2n) is 10.7. The third-order valence-corrected chi connectivity index (χ3v) is 8.97. The Labute approximate surface area is 250 Å². The highest BCUT2D eigenvalue weighted by Crippen LogP contribution is 2.39. The molecule has 5 rings (SSSR count). The van der Waals surface area contributed by atoms with Crippen molar-refractivity contribution in [2.24, 2.45) is 5.92 Å². The van der Waals surface area contributed by atoms with E-state index < -0.39 is 23.6 Å². The molecule has 4 heterocycles. The summed E-state index contributed by atoms with van der Waals surface area (Å²) in [7, 11) is 1.31. The molecular weight excluding hydrogens is 585 g/mol. The van der Waals surface area contributed by atoms with Crippen molar-refractivity contribution in [2.45, 2.75) is 57.8 Å². The minimum absolute atomic E-state index is 0.0498. The van der Waals surface area contributed by atoms with Crippen LogP contribution in [0.4, 0.5) is 24.1 Å². The van der Waals surface area contributed by atoms with Crippen LogP contribution >= 0.6 is 11.3 Å². The number of aliphatic carboxylic acids is 1. The number of carboxylic acids is 1. The lowest BCUT2D eigenvalue weighted by Gasteiger charge is -2.30. The molecule has 2 fully saturated rings. The molecule has 1 atom stereocenters. The molecule has 10 nitrogen and oxygen atoms in total. The molecule has 0 bridgehead atoms. The molecule has 2 aliphatic rings. The number of aromatic nitrogens is 3. The number of alkyl halides is 3. The average molecular weight is 619 g/mol. The highest BCUT2D eigenvalue weighted by atomic mass is 32.1. The smallest absolute Gasteiger partial charge is 0.416 e. The Balaban J connectivity index is 1.38. The van der Waals surface area contributed by atoms with Gasteiger partial charge in [0.25, 0.3) is 5.91 Å².